The molecule has 1 aliphatic carbocycles. The van der Waals surface area contributed by atoms with Crippen LogP contribution in [0.4, 0.5) is 5.69 Å². The van der Waals surface area contributed by atoms with Crippen LogP contribution < -0.4 is 16.2 Å². The summed E-state index contributed by atoms with van der Waals surface area (Å²) < 4.78 is 1.68. The van der Waals surface area contributed by atoms with E-state index in [2.05, 4.69) is 21.3 Å². The number of nitrogens with one attached hydrogen (secondary N) is 3. The zero-order valence-corrected chi connectivity index (χ0v) is 17.1. The van der Waals surface area contributed by atoms with Gasteiger partial charge in [-0.15, -0.1) is 0 Å². The summed E-state index contributed by atoms with van der Waals surface area (Å²) in [5.41, 5.74) is 9.12. The zero-order chi connectivity index (χ0) is 21.2. The normalized spacial score (nSPS) is 23.0. The average Bonchev–Trinajstić information content (AvgIpc) is 3.32. The van der Waals surface area contributed by atoms with Crippen molar-refractivity contribution in [3.05, 3.63) is 78.1 Å². The molecule has 2 aliphatic rings. The van der Waals surface area contributed by atoms with Gasteiger partial charge in [0.25, 0.3) is 5.91 Å². The lowest BCUT2D eigenvalue weighted by molar-refractivity contribution is -0.133. The first kappa shape index (κ1) is 19.5. The number of fused-ring (bicyclic) bond motifs is 1. The van der Waals surface area contributed by atoms with E-state index >= 15 is 0 Å². The fourth-order valence-electron chi connectivity index (χ4n) is 4.70. The van der Waals surface area contributed by atoms with E-state index < -0.39 is 0 Å². The number of nitrogens with zero attached hydrogens (tertiary/aromatic N) is 2. The molecule has 158 valence electrons. The minimum absolute atomic E-state index is 0.0825. The Balaban J connectivity index is 1.27. The molecule has 3 unspecified atom stereocenters. The number of hydrogen-bond acceptors (Lipinski definition) is 4. The van der Waals surface area contributed by atoms with Gasteiger partial charge in [-0.3, -0.25) is 15.0 Å². The minimum atomic E-state index is -0.252. The van der Waals surface area contributed by atoms with E-state index in [1.54, 1.807) is 16.9 Å². The molecule has 0 spiro atoms. The topological polar surface area (TPSA) is 88.0 Å². The van der Waals surface area contributed by atoms with Gasteiger partial charge in [0.05, 0.1) is 11.7 Å². The summed E-state index contributed by atoms with van der Waals surface area (Å²) in [6.07, 6.45) is 6.07. The van der Waals surface area contributed by atoms with Crippen LogP contribution in [0, 0.1) is 11.8 Å². The van der Waals surface area contributed by atoms with Gasteiger partial charge in [-0.2, -0.15) is 5.10 Å². The van der Waals surface area contributed by atoms with Crippen LogP contribution in [0.3, 0.4) is 0 Å². The van der Waals surface area contributed by atoms with Crippen LogP contribution in [0.25, 0.3) is 5.69 Å². The Morgan fingerprint density at radius 3 is 2.58 bits per heavy atom. The molecule has 7 nitrogen and oxygen atoms in total. The molecule has 1 saturated heterocycles. The summed E-state index contributed by atoms with van der Waals surface area (Å²) in [6, 6.07) is 19.3. The lowest BCUT2D eigenvalue weighted by Crippen LogP contribution is -2.55. The standard InChI is InChI=1S/C24H25N5O2/c30-23-20-9-5-4-8-19(20)22(26-27-23)16-10-12-17(13-11-16)25-24(31)21-14-15-29(28-21)18-6-2-1-3-7-18/h1-3,6-7,10-15,19-20,22,26H,4-5,8-9H2,(H,25,31)(H,27,30). The smallest absolute Gasteiger partial charge is 0.276 e. The summed E-state index contributed by atoms with van der Waals surface area (Å²) in [6.45, 7) is 0. The second-order valence-electron chi connectivity index (χ2n) is 8.22. The molecule has 2 heterocycles. The van der Waals surface area contributed by atoms with Crippen LogP contribution in [0.15, 0.2) is 66.9 Å². The lowest BCUT2D eigenvalue weighted by atomic mass is 9.72. The number of benzene rings is 2. The molecule has 1 aliphatic heterocycles. The highest BCUT2D eigenvalue weighted by Crippen LogP contribution is 2.40. The van der Waals surface area contributed by atoms with Crippen molar-refractivity contribution in [2.24, 2.45) is 11.8 Å². The van der Waals surface area contributed by atoms with Crippen molar-refractivity contribution >= 4 is 17.5 Å². The molecule has 2 amide bonds. The molecule has 3 atom stereocenters. The Labute approximate surface area is 180 Å². The summed E-state index contributed by atoms with van der Waals surface area (Å²) in [5.74, 6) is 0.251. The highest BCUT2D eigenvalue weighted by molar-refractivity contribution is 6.02. The number of aromatic nitrogens is 2. The Hall–Kier alpha value is -3.45. The van der Waals surface area contributed by atoms with Crippen molar-refractivity contribution in [1.29, 1.82) is 0 Å². The number of hydrazine groups is 1. The van der Waals surface area contributed by atoms with Gasteiger partial charge in [0.1, 0.15) is 0 Å². The maximum absolute atomic E-state index is 12.6. The van der Waals surface area contributed by atoms with E-state index in [0.29, 0.717) is 17.3 Å². The van der Waals surface area contributed by atoms with Crippen molar-refractivity contribution in [2.45, 2.75) is 31.7 Å². The second kappa shape index (κ2) is 8.35. The first-order valence-corrected chi connectivity index (χ1v) is 10.8. The van der Waals surface area contributed by atoms with E-state index in [4.69, 9.17) is 0 Å². The summed E-state index contributed by atoms with van der Waals surface area (Å²) in [5, 5.41) is 7.29. The Morgan fingerprint density at radius 1 is 1.00 bits per heavy atom. The van der Waals surface area contributed by atoms with Gasteiger partial charge in [-0.05, 0) is 54.7 Å². The highest BCUT2D eigenvalue weighted by atomic mass is 16.2. The van der Waals surface area contributed by atoms with Gasteiger partial charge in [0.15, 0.2) is 5.69 Å². The number of hydrogen-bond donors (Lipinski definition) is 3. The third-order valence-corrected chi connectivity index (χ3v) is 6.31. The largest absolute Gasteiger partial charge is 0.321 e. The van der Waals surface area contributed by atoms with Crippen LogP contribution in [-0.2, 0) is 4.79 Å². The van der Waals surface area contributed by atoms with E-state index in [1.807, 2.05) is 54.6 Å². The molecule has 31 heavy (non-hydrogen) atoms. The summed E-state index contributed by atoms with van der Waals surface area (Å²) in [7, 11) is 0. The molecular formula is C24H25N5O2. The summed E-state index contributed by atoms with van der Waals surface area (Å²) >= 11 is 0. The van der Waals surface area contributed by atoms with E-state index in [9.17, 15) is 9.59 Å². The van der Waals surface area contributed by atoms with Crippen LogP contribution in [0.5, 0.6) is 0 Å². The molecule has 2 aromatic carbocycles. The molecule has 0 radical (unpaired) electrons. The van der Waals surface area contributed by atoms with E-state index in [0.717, 1.165) is 36.9 Å². The Morgan fingerprint density at radius 2 is 1.77 bits per heavy atom. The third-order valence-electron chi connectivity index (χ3n) is 6.31. The summed E-state index contributed by atoms with van der Waals surface area (Å²) in [4.78, 5) is 24.8. The molecule has 2 fully saturated rings. The molecule has 1 aromatic heterocycles. The van der Waals surface area contributed by atoms with Crippen LogP contribution in [-0.4, -0.2) is 21.6 Å². The Kier molecular flexibility index (Phi) is 5.26. The van der Waals surface area contributed by atoms with Crippen LogP contribution in [0.2, 0.25) is 0 Å². The van der Waals surface area contributed by atoms with Crippen LogP contribution in [0.1, 0.15) is 47.8 Å². The van der Waals surface area contributed by atoms with Crippen molar-refractivity contribution in [2.75, 3.05) is 5.32 Å². The van der Waals surface area contributed by atoms with Gasteiger partial charge < -0.3 is 5.32 Å². The molecule has 3 N–H and O–H groups in total. The van der Waals surface area contributed by atoms with Crippen molar-refractivity contribution in [3.63, 3.8) is 0 Å². The predicted molar refractivity (Wildman–Crippen MR) is 117 cm³/mol. The first-order valence-electron chi connectivity index (χ1n) is 10.8. The van der Waals surface area contributed by atoms with Gasteiger partial charge >= 0.3 is 0 Å². The fourth-order valence-corrected chi connectivity index (χ4v) is 4.70. The van der Waals surface area contributed by atoms with Crippen LogP contribution >= 0.6 is 0 Å². The zero-order valence-electron chi connectivity index (χ0n) is 17.1. The number of rotatable bonds is 4. The Bertz CT molecular complexity index is 1080. The van der Waals surface area contributed by atoms with Gasteiger partial charge in [0, 0.05) is 17.8 Å². The molecular weight excluding hydrogens is 390 g/mol. The number of anilines is 1. The predicted octanol–water partition coefficient (Wildman–Crippen LogP) is 3.61. The number of carbonyl (C=O) groups is 2. The second-order valence-corrected chi connectivity index (χ2v) is 8.22. The molecule has 5 rings (SSSR count). The van der Waals surface area contributed by atoms with E-state index in [-0.39, 0.29) is 23.8 Å². The highest BCUT2D eigenvalue weighted by Gasteiger charge is 2.40. The molecule has 3 aromatic rings. The van der Waals surface area contributed by atoms with Gasteiger partial charge in [0.2, 0.25) is 5.91 Å². The minimum Gasteiger partial charge on any atom is -0.321 e. The van der Waals surface area contributed by atoms with Gasteiger partial charge in [-0.1, -0.05) is 43.2 Å². The monoisotopic (exact) mass is 415 g/mol. The third kappa shape index (κ3) is 3.96. The average molecular weight is 415 g/mol. The maximum atomic E-state index is 12.6. The number of amides is 2. The molecule has 0 bridgehead atoms. The lowest BCUT2D eigenvalue weighted by Gasteiger charge is -2.41. The van der Waals surface area contributed by atoms with Gasteiger partial charge in [-0.25, -0.2) is 10.1 Å². The number of carbonyl (C=O) groups excluding carboxylic acids is 2. The maximum Gasteiger partial charge on any atom is 0.276 e. The molecule has 7 heteroatoms. The fraction of sp³-hybridized carbons (Fsp3) is 0.292. The number of para-hydroxylation sites is 1. The van der Waals surface area contributed by atoms with Crippen molar-refractivity contribution in [3.8, 4) is 5.69 Å². The SMILES string of the molecule is O=C(Nc1ccc(C2NNC(=O)C3CCCCC32)cc1)c1ccn(-c2ccccc2)n1. The van der Waals surface area contributed by atoms with Crippen molar-refractivity contribution in [1.82, 2.24) is 20.6 Å². The van der Waals surface area contributed by atoms with E-state index in [1.165, 1.54) is 0 Å². The molecule has 1 saturated carbocycles. The quantitative estimate of drug-likeness (QED) is 0.607. The first-order chi connectivity index (χ1) is 15.2. The van der Waals surface area contributed by atoms with Crippen molar-refractivity contribution < 1.29 is 9.59 Å².